The molecule has 0 aliphatic heterocycles. The summed E-state index contributed by atoms with van der Waals surface area (Å²) in [4.78, 5) is 2.56. The number of hydrogen-bond donors (Lipinski definition) is 1. The fourth-order valence-electron chi connectivity index (χ4n) is 1.81. The highest BCUT2D eigenvalue weighted by Crippen LogP contribution is 2.29. The smallest absolute Gasteiger partial charge is 0.0449 e. The molecule has 1 unspecified atom stereocenters. The minimum Gasteiger partial charge on any atom is -0.323 e. The second kappa shape index (κ2) is 5.74. The van der Waals surface area contributed by atoms with Crippen LogP contribution >= 0.6 is 38.9 Å². The van der Waals surface area contributed by atoms with Gasteiger partial charge in [-0.1, -0.05) is 33.6 Å². The Balaban J connectivity index is 2.18. The first-order chi connectivity index (χ1) is 8.47. The van der Waals surface area contributed by atoms with E-state index >= 15 is 0 Å². The summed E-state index contributed by atoms with van der Waals surface area (Å²) >= 11 is 11.4. The van der Waals surface area contributed by atoms with Crippen LogP contribution in [-0.4, -0.2) is 0 Å². The maximum absolute atomic E-state index is 6.26. The average Bonchev–Trinajstić information content (AvgIpc) is 2.63. The Morgan fingerprint density at radius 2 is 2.06 bits per heavy atom. The number of thiophene rings is 1. The van der Waals surface area contributed by atoms with E-state index in [-0.39, 0.29) is 6.04 Å². The molecule has 1 aromatic heterocycles. The van der Waals surface area contributed by atoms with Gasteiger partial charge in [0.25, 0.3) is 0 Å². The third kappa shape index (κ3) is 3.15. The van der Waals surface area contributed by atoms with E-state index in [4.69, 9.17) is 17.3 Å². The summed E-state index contributed by atoms with van der Waals surface area (Å²) in [5, 5.41) is 0.768. The molecule has 0 saturated carbocycles. The highest BCUT2D eigenvalue weighted by atomic mass is 79.9. The lowest BCUT2D eigenvalue weighted by molar-refractivity contribution is 0.736. The molecule has 4 heteroatoms. The van der Waals surface area contributed by atoms with Crippen LogP contribution in [-0.2, 0) is 6.42 Å². The van der Waals surface area contributed by atoms with Crippen LogP contribution in [0, 0.1) is 13.8 Å². The number of rotatable bonds is 3. The molecule has 2 rings (SSSR count). The van der Waals surface area contributed by atoms with Crippen LogP contribution in [0.4, 0.5) is 0 Å². The van der Waals surface area contributed by atoms with Crippen molar-refractivity contribution >= 4 is 38.9 Å². The van der Waals surface area contributed by atoms with Crippen LogP contribution in [0.3, 0.4) is 0 Å². The van der Waals surface area contributed by atoms with Gasteiger partial charge in [0.05, 0.1) is 0 Å². The van der Waals surface area contributed by atoms with E-state index in [0.717, 1.165) is 21.5 Å². The second-order valence-electron chi connectivity index (χ2n) is 4.43. The molecule has 2 N–H and O–H groups in total. The van der Waals surface area contributed by atoms with E-state index in [1.54, 1.807) is 11.3 Å². The highest BCUT2D eigenvalue weighted by Gasteiger charge is 2.13. The summed E-state index contributed by atoms with van der Waals surface area (Å²) in [6, 6.07) is 8.13. The predicted octanol–water partition coefficient (Wildman–Crippen LogP) is 5.02. The van der Waals surface area contributed by atoms with Crippen molar-refractivity contribution in [1.82, 2.24) is 0 Å². The summed E-state index contributed by atoms with van der Waals surface area (Å²) in [6.45, 7) is 4.25. The minimum atomic E-state index is 0.0149. The van der Waals surface area contributed by atoms with Gasteiger partial charge in [0.15, 0.2) is 0 Å². The molecule has 1 nitrogen and oxygen atoms in total. The Morgan fingerprint density at radius 1 is 1.33 bits per heavy atom. The number of halogens is 2. The molecule has 0 spiro atoms. The minimum absolute atomic E-state index is 0.0149. The molecule has 0 aliphatic carbocycles. The fourth-order valence-corrected chi connectivity index (χ4v) is 3.60. The molecule has 18 heavy (non-hydrogen) atoms. The van der Waals surface area contributed by atoms with Gasteiger partial charge in [-0.2, -0.15) is 0 Å². The third-order valence-corrected chi connectivity index (χ3v) is 5.13. The monoisotopic (exact) mass is 343 g/mol. The van der Waals surface area contributed by atoms with Crippen LogP contribution in [0.2, 0.25) is 5.02 Å². The normalized spacial score (nSPS) is 12.7. The quantitative estimate of drug-likeness (QED) is 0.831. The Labute approximate surface area is 125 Å². The van der Waals surface area contributed by atoms with Crippen molar-refractivity contribution in [1.29, 1.82) is 0 Å². The van der Waals surface area contributed by atoms with Crippen LogP contribution in [0.1, 0.15) is 26.9 Å². The molecule has 1 atom stereocenters. The molecule has 0 radical (unpaired) electrons. The van der Waals surface area contributed by atoms with Gasteiger partial charge >= 0.3 is 0 Å². The zero-order valence-electron chi connectivity index (χ0n) is 10.3. The Kier molecular flexibility index (Phi) is 4.49. The molecule has 1 aromatic carbocycles. The largest absolute Gasteiger partial charge is 0.323 e. The van der Waals surface area contributed by atoms with E-state index in [1.807, 2.05) is 18.2 Å². The third-order valence-electron chi connectivity index (χ3n) is 3.01. The van der Waals surface area contributed by atoms with Crippen molar-refractivity contribution < 1.29 is 0 Å². The Bertz CT molecular complexity index is 545. The lowest BCUT2D eigenvalue weighted by Gasteiger charge is -2.11. The molecule has 0 aliphatic rings. The van der Waals surface area contributed by atoms with Gasteiger partial charge in [-0.05, 0) is 49.6 Å². The molecule has 96 valence electrons. The van der Waals surface area contributed by atoms with Gasteiger partial charge in [-0.3, -0.25) is 0 Å². The van der Waals surface area contributed by atoms with Gasteiger partial charge in [0.1, 0.15) is 0 Å². The van der Waals surface area contributed by atoms with Crippen LogP contribution in [0.15, 0.2) is 28.7 Å². The zero-order valence-corrected chi connectivity index (χ0v) is 13.5. The van der Waals surface area contributed by atoms with Crippen molar-refractivity contribution in [2.75, 3.05) is 0 Å². The molecular weight excluding hydrogens is 330 g/mol. The summed E-state index contributed by atoms with van der Waals surface area (Å²) in [6.07, 6.45) is 0.769. The number of nitrogens with two attached hydrogens (primary N) is 1. The van der Waals surface area contributed by atoms with Gasteiger partial charge in [-0.25, -0.2) is 0 Å². The van der Waals surface area contributed by atoms with Crippen LogP contribution in [0.25, 0.3) is 0 Å². The summed E-state index contributed by atoms with van der Waals surface area (Å²) < 4.78 is 0.993. The number of aryl methyl sites for hydroxylation is 2. The molecule has 1 heterocycles. The first-order valence-corrected chi connectivity index (χ1v) is 7.72. The van der Waals surface area contributed by atoms with E-state index in [1.165, 1.54) is 15.3 Å². The van der Waals surface area contributed by atoms with E-state index in [0.29, 0.717) is 0 Å². The van der Waals surface area contributed by atoms with Gasteiger partial charge in [0, 0.05) is 25.3 Å². The highest BCUT2D eigenvalue weighted by molar-refractivity contribution is 9.10. The molecule has 0 amide bonds. The fraction of sp³-hybridized carbons (Fsp3) is 0.286. The van der Waals surface area contributed by atoms with E-state index in [2.05, 4.69) is 35.8 Å². The lowest BCUT2D eigenvalue weighted by Crippen LogP contribution is -2.12. The average molecular weight is 345 g/mol. The van der Waals surface area contributed by atoms with Gasteiger partial charge in [0.2, 0.25) is 0 Å². The molecule has 0 saturated heterocycles. The van der Waals surface area contributed by atoms with Crippen molar-refractivity contribution in [3.8, 4) is 0 Å². The van der Waals surface area contributed by atoms with Crippen LogP contribution < -0.4 is 5.73 Å². The van der Waals surface area contributed by atoms with Crippen molar-refractivity contribution in [3.63, 3.8) is 0 Å². The summed E-state index contributed by atoms with van der Waals surface area (Å²) in [7, 11) is 0. The van der Waals surface area contributed by atoms with E-state index < -0.39 is 0 Å². The summed E-state index contributed by atoms with van der Waals surface area (Å²) in [5.74, 6) is 0. The SMILES string of the molecule is Cc1cc(C(N)Cc2ccc(Br)cc2Cl)sc1C. The first-order valence-electron chi connectivity index (χ1n) is 5.74. The standard InChI is InChI=1S/C14H15BrClNS/c1-8-5-14(18-9(8)2)13(17)6-10-3-4-11(15)7-12(10)16/h3-5,7,13H,6,17H2,1-2H3. The van der Waals surface area contributed by atoms with Crippen molar-refractivity contribution in [2.24, 2.45) is 5.73 Å². The Hall–Kier alpha value is -0.350. The maximum atomic E-state index is 6.26. The van der Waals surface area contributed by atoms with Crippen molar-refractivity contribution in [2.45, 2.75) is 26.3 Å². The van der Waals surface area contributed by atoms with Crippen LogP contribution in [0.5, 0.6) is 0 Å². The topological polar surface area (TPSA) is 26.0 Å². The first kappa shape index (κ1) is 14.1. The molecule has 0 fully saturated rings. The predicted molar refractivity (Wildman–Crippen MR) is 83.6 cm³/mol. The zero-order chi connectivity index (χ0) is 13.3. The molecule has 0 bridgehead atoms. The van der Waals surface area contributed by atoms with Gasteiger partial charge in [-0.15, -0.1) is 11.3 Å². The summed E-state index contributed by atoms with van der Waals surface area (Å²) in [5.41, 5.74) is 8.66. The lowest BCUT2D eigenvalue weighted by atomic mass is 10.0. The maximum Gasteiger partial charge on any atom is 0.0449 e. The number of benzene rings is 1. The molecular formula is C14H15BrClNS. The van der Waals surface area contributed by atoms with Crippen molar-refractivity contribution in [3.05, 3.63) is 54.6 Å². The van der Waals surface area contributed by atoms with Gasteiger partial charge < -0.3 is 5.73 Å². The Morgan fingerprint density at radius 3 is 2.61 bits per heavy atom. The molecule has 2 aromatic rings. The second-order valence-corrected chi connectivity index (χ2v) is 7.05. The number of hydrogen-bond acceptors (Lipinski definition) is 2. The van der Waals surface area contributed by atoms with E-state index in [9.17, 15) is 0 Å².